The summed E-state index contributed by atoms with van der Waals surface area (Å²) in [6.07, 6.45) is 4.92. The zero-order chi connectivity index (χ0) is 13.7. The number of rotatable bonds is 5. The normalized spacial score (nSPS) is 13.8. The summed E-state index contributed by atoms with van der Waals surface area (Å²) in [7, 11) is 1.70. The van der Waals surface area contributed by atoms with Crippen molar-refractivity contribution in [3.8, 4) is 5.75 Å². The van der Waals surface area contributed by atoms with Crippen LogP contribution in [0.5, 0.6) is 5.75 Å². The fraction of sp³-hybridized carbons (Fsp3) is 0.353. The average molecular weight is 255 g/mol. The first-order valence-electron chi connectivity index (χ1n) is 6.80. The van der Waals surface area contributed by atoms with Crippen LogP contribution in [0.25, 0.3) is 0 Å². The number of hydrogen-bond donors (Lipinski definition) is 0. The highest BCUT2D eigenvalue weighted by Crippen LogP contribution is 2.35. The van der Waals surface area contributed by atoms with Gasteiger partial charge in [-0.15, -0.1) is 0 Å². The standard InChI is InChI=1S/C17H21NO/c1-4-17(15-6-5-11-18-12-15)13(2)14-7-9-16(19-3)10-8-14/h5-13,17H,4H2,1-3H3/t13-,17+/m0/s1. The van der Waals surface area contributed by atoms with E-state index in [9.17, 15) is 0 Å². The molecule has 0 N–H and O–H groups in total. The van der Waals surface area contributed by atoms with Crippen molar-refractivity contribution in [3.05, 3.63) is 59.9 Å². The first-order chi connectivity index (χ1) is 9.26. The van der Waals surface area contributed by atoms with Gasteiger partial charge in [0.2, 0.25) is 0 Å². The number of hydrogen-bond acceptors (Lipinski definition) is 2. The zero-order valence-corrected chi connectivity index (χ0v) is 11.8. The fourth-order valence-corrected chi connectivity index (χ4v) is 2.61. The van der Waals surface area contributed by atoms with Crippen molar-refractivity contribution >= 4 is 0 Å². The molecule has 2 rings (SSSR count). The Hall–Kier alpha value is -1.83. The van der Waals surface area contributed by atoms with Crippen molar-refractivity contribution < 1.29 is 4.74 Å². The third kappa shape index (κ3) is 3.14. The average Bonchev–Trinajstić information content (AvgIpc) is 2.49. The Kier molecular flexibility index (Phi) is 4.56. The molecule has 0 amide bonds. The van der Waals surface area contributed by atoms with E-state index >= 15 is 0 Å². The fourth-order valence-electron chi connectivity index (χ4n) is 2.61. The Labute approximate surface area is 115 Å². The lowest BCUT2D eigenvalue weighted by Crippen LogP contribution is -2.08. The molecule has 0 aliphatic heterocycles. The molecule has 2 heteroatoms. The summed E-state index contributed by atoms with van der Waals surface area (Å²) in [6, 6.07) is 12.6. The minimum atomic E-state index is 0.472. The van der Waals surface area contributed by atoms with Crippen molar-refractivity contribution in [2.75, 3.05) is 7.11 Å². The minimum Gasteiger partial charge on any atom is -0.497 e. The number of pyridine rings is 1. The second kappa shape index (κ2) is 6.37. The predicted molar refractivity (Wildman–Crippen MR) is 78.7 cm³/mol. The molecule has 0 unspecified atom stereocenters. The molecule has 0 aliphatic carbocycles. The molecular formula is C17H21NO. The summed E-state index contributed by atoms with van der Waals surface area (Å²) in [4.78, 5) is 4.24. The molecule has 0 aliphatic rings. The predicted octanol–water partition coefficient (Wildman–Crippen LogP) is 4.39. The minimum absolute atomic E-state index is 0.472. The van der Waals surface area contributed by atoms with Crippen molar-refractivity contribution in [1.29, 1.82) is 0 Å². The molecule has 1 aromatic carbocycles. The third-order valence-corrected chi connectivity index (χ3v) is 3.80. The molecule has 2 atom stereocenters. The monoisotopic (exact) mass is 255 g/mol. The van der Waals surface area contributed by atoms with E-state index in [1.807, 2.05) is 30.6 Å². The van der Waals surface area contributed by atoms with E-state index in [1.54, 1.807) is 7.11 Å². The Morgan fingerprint density at radius 3 is 2.37 bits per heavy atom. The van der Waals surface area contributed by atoms with Gasteiger partial charge >= 0.3 is 0 Å². The lowest BCUT2D eigenvalue weighted by atomic mass is 9.82. The van der Waals surface area contributed by atoms with Crippen LogP contribution in [0.3, 0.4) is 0 Å². The van der Waals surface area contributed by atoms with Crippen LogP contribution >= 0.6 is 0 Å². The Morgan fingerprint density at radius 2 is 1.84 bits per heavy atom. The number of nitrogens with zero attached hydrogens (tertiary/aromatic N) is 1. The van der Waals surface area contributed by atoms with Crippen molar-refractivity contribution in [1.82, 2.24) is 4.98 Å². The smallest absolute Gasteiger partial charge is 0.118 e. The summed E-state index contributed by atoms with van der Waals surface area (Å²) in [5.74, 6) is 1.88. The molecular weight excluding hydrogens is 234 g/mol. The second-order valence-electron chi connectivity index (χ2n) is 4.86. The number of ether oxygens (including phenoxy) is 1. The first kappa shape index (κ1) is 13.6. The van der Waals surface area contributed by atoms with Gasteiger partial charge in [-0.05, 0) is 47.6 Å². The molecule has 0 saturated heterocycles. The van der Waals surface area contributed by atoms with Crippen LogP contribution in [-0.4, -0.2) is 12.1 Å². The molecule has 1 aromatic heterocycles. The molecule has 100 valence electrons. The number of benzene rings is 1. The molecule has 2 aromatic rings. The molecule has 0 radical (unpaired) electrons. The maximum absolute atomic E-state index is 5.21. The topological polar surface area (TPSA) is 22.1 Å². The summed E-state index contributed by atoms with van der Waals surface area (Å²) < 4.78 is 5.21. The second-order valence-corrected chi connectivity index (χ2v) is 4.86. The van der Waals surface area contributed by atoms with Gasteiger partial charge in [0.05, 0.1) is 7.11 Å². The summed E-state index contributed by atoms with van der Waals surface area (Å²) >= 11 is 0. The summed E-state index contributed by atoms with van der Waals surface area (Å²) in [6.45, 7) is 4.51. The highest BCUT2D eigenvalue weighted by molar-refractivity contribution is 5.32. The van der Waals surface area contributed by atoms with Gasteiger partial charge in [-0.25, -0.2) is 0 Å². The van der Waals surface area contributed by atoms with E-state index in [0.717, 1.165) is 12.2 Å². The maximum Gasteiger partial charge on any atom is 0.118 e. The Balaban J connectivity index is 2.22. The zero-order valence-electron chi connectivity index (χ0n) is 11.8. The SMILES string of the molecule is CC[C@@H](c1cccnc1)[C@@H](C)c1ccc(OC)cc1. The lowest BCUT2D eigenvalue weighted by Gasteiger charge is -2.23. The van der Waals surface area contributed by atoms with Crippen LogP contribution in [0, 0.1) is 0 Å². The van der Waals surface area contributed by atoms with Crippen LogP contribution in [0.1, 0.15) is 43.2 Å². The lowest BCUT2D eigenvalue weighted by molar-refractivity contribution is 0.414. The van der Waals surface area contributed by atoms with E-state index in [4.69, 9.17) is 4.74 Å². The van der Waals surface area contributed by atoms with Crippen LogP contribution in [0.15, 0.2) is 48.8 Å². The molecule has 2 nitrogen and oxygen atoms in total. The molecule has 0 bridgehead atoms. The van der Waals surface area contributed by atoms with Gasteiger partial charge in [0.15, 0.2) is 0 Å². The largest absolute Gasteiger partial charge is 0.497 e. The molecule has 1 heterocycles. The van der Waals surface area contributed by atoms with Crippen molar-refractivity contribution in [3.63, 3.8) is 0 Å². The van der Waals surface area contributed by atoms with E-state index in [-0.39, 0.29) is 0 Å². The van der Waals surface area contributed by atoms with Crippen LogP contribution in [0.2, 0.25) is 0 Å². The van der Waals surface area contributed by atoms with Gasteiger partial charge in [-0.3, -0.25) is 4.98 Å². The maximum atomic E-state index is 5.21. The molecule has 0 saturated carbocycles. The van der Waals surface area contributed by atoms with Gasteiger partial charge in [-0.1, -0.05) is 32.0 Å². The van der Waals surface area contributed by atoms with Gasteiger partial charge in [-0.2, -0.15) is 0 Å². The quantitative estimate of drug-likeness (QED) is 0.790. The molecule has 0 spiro atoms. The first-order valence-corrected chi connectivity index (χ1v) is 6.80. The Morgan fingerprint density at radius 1 is 1.11 bits per heavy atom. The molecule has 0 fully saturated rings. The highest BCUT2D eigenvalue weighted by Gasteiger charge is 2.19. The van der Waals surface area contributed by atoms with Gasteiger partial charge in [0.1, 0.15) is 5.75 Å². The summed E-state index contributed by atoms with van der Waals surface area (Å²) in [5.41, 5.74) is 2.66. The molecule has 19 heavy (non-hydrogen) atoms. The van der Waals surface area contributed by atoms with E-state index < -0.39 is 0 Å². The van der Waals surface area contributed by atoms with Gasteiger partial charge < -0.3 is 4.74 Å². The third-order valence-electron chi connectivity index (χ3n) is 3.80. The van der Waals surface area contributed by atoms with E-state index in [0.29, 0.717) is 11.8 Å². The van der Waals surface area contributed by atoms with E-state index in [2.05, 4.69) is 37.0 Å². The highest BCUT2D eigenvalue weighted by atomic mass is 16.5. The van der Waals surface area contributed by atoms with Gasteiger partial charge in [0.25, 0.3) is 0 Å². The number of methoxy groups -OCH3 is 1. The van der Waals surface area contributed by atoms with Crippen molar-refractivity contribution in [2.45, 2.75) is 32.1 Å². The van der Waals surface area contributed by atoms with Crippen LogP contribution < -0.4 is 4.74 Å². The van der Waals surface area contributed by atoms with Crippen LogP contribution in [-0.2, 0) is 0 Å². The number of aromatic nitrogens is 1. The van der Waals surface area contributed by atoms with Gasteiger partial charge in [0, 0.05) is 12.4 Å². The van der Waals surface area contributed by atoms with E-state index in [1.165, 1.54) is 11.1 Å². The Bertz CT molecular complexity index is 492. The van der Waals surface area contributed by atoms with Crippen molar-refractivity contribution in [2.24, 2.45) is 0 Å². The summed E-state index contributed by atoms with van der Waals surface area (Å²) in [5, 5.41) is 0. The van der Waals surface area contributed by atoms with Crippen LogP contribution in [0.4, 0.5) is 0 Å².